The van der Waals surface area contributed by atoms with Crippen LogP contribution in [0.2, 0.25) is 0 Å². The molecule has 0 spiro atoms. The molecule has 0 fully saturated rings. The van der Waals surface area contributed by atoms with Crippen LogP contribution in [-0.2, 0) is 0 Å². The fraction of sp³-hybridized carbons (Fsp3) is 0. The zero-order valence-electron chi connectivity index (χ0n) is 10.1. The topological polar surface area (TPSA) is 68.0 Å². The Bertz CT molecular complexity index is 676. The molecule has 1 aromatic carbocycles. The lowest BCUT2D eigenvalue weighted by atomic mass is 10.2. The Kier molecular flexibility index (Phi) is 4.41. The molecular formula is C13H9BrFN3OS. The third-order valence-electron chi connectivity index (χ3n) is 2.46. The highest BCUT2D eigenvalue weighted by atomic mass is 79.9. The van der Waals surface area contributed by atoms with Crippen molar-refractivity contribution in [1.29, 1.82) is 0 Å². The van der Waals surface area contributed by atoms with Gasteiger partial charge in [0.1, 0.15) is 16.5 Å². The van der Waals surface area contributed by atoms with Gasteiger partial charge in [0.2, 0.25) is 0 Å². The van der Waals surface area contributed by atoms with Crippen molar-refractivity contribution >= 4 is 44.7 Å². The molecule has 20 heavy (non-hydrogen) atoms. The van der Waals surface area contributed by atoms with Crippen LogP contribution >= 0.6 is 28.1 Å². The number of nitrogens with one attached hydrogen (secondary N) is 1. The normalized spacial score (nSPS) is 10.1. The van der Waals surface area contributed by atoms with Crippen molar-refractivity contribution in [2.75, 3.05) is 5.32 Å². The highest BCUT2D eigenvalue weighted by Gasteiger charge is 2.10. The Hall–Kier alpha value is -1.86. The van der Waals surface area contributed by atoms with Gasteiger partial charge in [-0.3, -0.25) is 9.78 Å². The summed E-state index contributed by atoms with van der Waals surface area (Å²) in [6, 6.07) is 7.11. The predicted molar refractivity (Wildman–Crippen MR) is 82.2 cm³/mol. The van der Waals surface area contributed by atoms with Crippen LogP contribution in [0.1, 0.15) is 16.1 Å². The lowest BCUT2D eigenvalue weighted by Crippen LogP contribution is -2.15. The second kappa shape index (κ2) is 6.06. The van der Waals surface area contributed by atoms with Crippen LogP contribution < -0.4 is 11.1 Å². The molecule has 0 unspecified atom stereocenters. The van der Waals surface area contributed by atoms with E-state index in [0.29, 0.717) is 15.7 Å². The molecule has 0 aliphatic heterocycles. The molecule has 0 saturated heterocycles. The van der Waals surface area contributed by atoms with E-state index in [1.807, 2.05) is 0 Å². The van der Waals surface area contributed by atoms with Crippen LogP contribution in [0.5, 0.6) is 0 Å². The Labute approximate surface area is 128 Å². The minimum Gasteiger partial charge on any atom is -0.389 e. The molecule has 1 aromatic heterocycles. The minimum atomic E-state index is -0.410. The zero-order valence-corrected chi connectivity index (χ0v) is 12.5. The van der Waals surface area contributed by atoms with Crippen LogP contribution in [0.4, 0.5) is 10.1 Å². The average Bonchev–Trinajstić information content (AvgIpc) is 2.42. The predicted octanol–water partition coefficient (Wildman–Crippen LogP) is 2.87. The number of hydrogen-bond donors (Lipinski definition) is 2. The number of hydrogen-bond acceptors (Lipinski definition) is 3. The summed E-state index contributed by atoms with van der Waals surface area (Å²) in [5, 5.41) is 2.62. The number of anilines is 1. The maximum atomic E-state index is 12.9. The number of carbonyl (C=O) groups excluding carboxylic acids is 1. The number of nitrogens with zero attached hydrogens (tertiary/aromatic N) is 1. The zero-order chi connectivity index (χ0) is 14.7. The van der Waals surface area contributed by atoms with Crippen LogP contribution in [0, 0.1) is 5.82 Å². The van der Waals surface area contributed by atoms with E-state index < -0.39 is 11.7 Å². The van der Waals surface area contributed by atoms with Crippen LogP contribution in [0.3, 0.4) is 0 Å². The number of aromatic nitrogens is 1. The van der Waals surface area contributed by atoms with Gasteiger partial charge in [-0.25, -0.2) is 4.39 Å². The molecule has 0 bridgehead atoms. The summed E-state index contributed by atoms with van der Waals surface area (Å²) in [6.07, 6.45) is 1.43. The molecule has 3 N–H and O–H groups in total. The highest BCUT2D eigenvalue weighted by Crippen LogP contribution is 2.23. The first kappa shape index (κ1) is 14.5. The molecule has 0 saturated carbocycles. The van der Waals surface area contributed by atoms with Crippen molar-refractivity contribution in [2.45, 2.75) is 0 Å². The molecule has 2 rings (SSSR count). The van der Waals surface area contributed by atoms with E-state index in [2.05, 4.69) is 26.2 Å². The second-order valence-corrected chi connectivity index (χ2v) is 5.17. The second-order valence-electron chi connectivity index (χ2n) is 3.87. The first-order chi connectivity index (χ1) is 9.47. The molecule has 0 radical (unpaired) electrons. The Morgan fingerprint density at radius 1 is 1.35 bits per heavy atom. The van der Waals surface area contributed by atoms with Gasteiger partial charge >= 0.3 is 0 Å². The first-order valence-corrected chi connectivity index (χ1v) is 6.70. The number of halogens is 2. The minimum absolute atomic E-state index is 0.209. The smallest absolute Gasteiger partial charge is 0.274 e. The molecule has 0 atom stereocenters. The average molecular weight is 354 g/mol. The fourth-order valence-electron chi connectivity index (χ4n) is 1.45. The summed E-state index contributed by atoms with van der Waals surface area (Å²) in [4.78, 5) is 16.2. The van der Waals surface area contributed by atoms with Gasteiger partial charge in [-0.2, -0.15) is 0 Å². The van der Waals surface area contributed by atoms with E-state index in [4.69, 9.17) is 18.0 Å². The quantitative estimate of drug-likeness (QED) is 0.832. The van der Waals surface area contributed by atoms with Crippen molar-refractivity contribution in [1.82, 2.24) is 4.98 Å². The van der Waals surface area contributed by atoms with Gasteiger partial charge < -0.3 is 11.1 Å². The summed E-state index contributed by atoms with van der Waals surface area (Å²) in [7, 11) is 0. The van der Waals surface area contributed by atoms with Crippen molar-refractivity contribution in [3.05, 3.63) is 58.1 Å². The summed E-state index contributed by atoms with van der Waals surface area (Å²) < 4.78 is 13.4. The molecule has 0 aliphatic carbocycles. The molecule has 0 aliphatic rings. The van der Waals surface area contributed by atoms with Crippen molar-refractivity contribution < 1.29 is 9.18 Å². The highest BCUT2D eigenvalue weighted by molar-refractivity contribution is 9.10. The number of nitrogens with two attached hydrogens (primary N) is 1. The monoisotopic (exact) mass is 353 g/mol. The number of pyridine rings is 1. The Morgan fingerprint density at radius 3 is 2.65 bits per heavy atom. The van der Waals surface area contributed by atoms with Crippen LogP contribution in [-0.4, -0.2) is 15.9 Å². The third-order valence-corrected chi connectivity index (χ3v) is 3.35. The van der Waals surface area contributed by atoms with Gasteiger partial charge in [-0.15, -0.1) is 0 Å². The van der Waals surface area contributed by atoms with E-state index in [0.717, 1.165) is 0 Å². The van der Waals surface area contributed by atoms with E-state index >= 15 is 0 Å². The van der Waals surface area contributed by atoms with E-state index in [1.165, 1.54) is 30.5 Å². The van der Waals surface area contributed by atoms with Crippen LogP contribution in [0.25, 0.3) is 0 Å². The number of rotatable bonds is 3. The maximum absolute atomic E-state index is 12.9. The number of thiocarbonyl (C=S) groups is 1. The van der Waals surface area contributed by atoms with Crippen molar-refractivity contribution in [2.24, 2.45) is 5.73 Å². The van der Waals surface area contributed by atoms with Crippen molar-refractivity contribution in [3.63, 3.8) is 0 Å². The molecule has 4 nitrogen and oxygen atoms in total. The van der Waals surface area contributed by atoms with Gasteiger partial charge in [-0.1, -0.05) is 12.2 Å². The third kappa shape index (κ3) is 3.37. The van der Waals surface area contributed by atoms with E-state index in [-0.39, 0.29) is 10.7 Å². The summed E-state index contributed by atoms with van der Waals surface area (Å²) in [5.74, 6) is -0.805. The maximum Gasteiger partial charge on any atom is 0.274 e. The van der Waals surface area contributed by atoms with E-state index in [9.17, 15) is 9.18 Å². The van der Waals surface area contributed by atoms with Gasteiger partial charge in [-0.05, 0) is 46.3 Å². The van der Waals surface area contributed by atoms with Gasteiger partial charge in [0.05, 0.1) is 5.69 Å². The standard InChI is InChI=1S/C13H9BrFN3OS/c14-9-5-8(15)2-4-10(9)18-13(19)11-3-1-7(6-17-11)12(16)20/h1-6H,(H2,16,20)(H,18,19). The van der Waals surface area contributed by atoms with Gasteiger partial charge in [0.15, 0.2) is 0 Å². The Morgan fingerprint density at radius 2 is 2.10 bits per heavy atom. The summed E-state index contributed by atoms with van der Waals surface area (Å²) in [6.45, 7) is 0. The number of amides is 1. The Balaban J connectivity index is 2.17. The van der Waals surface area contributed by atoms with E-state index in [1.54, 1.807) is 6.07 Å². The van der Waals surface area contributed by atoms with Crippen molar-refractivity contribution in [3.8, 4) is 0 Å². The number of carbonyl (C=O) groups is 1. The van der Waals surface area contributed by atoms with Gasteiger partial charge in [0.25, 0.3) is 5.91 Å². The lowest BCUT2D eigenvalue weighted by Gasteiger charge is -2.07. The molecule has 1 heterocycles. The largest absolute Gasteiger partial charge is 0.389 e. The SMILES string of the molecule is NC(=S)c1ccc(C(=O)Nc2ccc(F)cc2Br)nc1. The molecular weight excluding hydrogens is 345 g/mol. The van der Waals surface area contributed by atoms with Gasteiger partial charge in [0, 0.05) is 16.2 Å². The van der Waals surface area contributed by atoms with Crippen LogP contribution in [0.15, 0.2) is 41.0 Å². The summed E-state index contributed by atoms with van der Waals surface area (Å²) >= 11 is 7.97. The molecule has 102 valence electrons. The fourth-order valence-corrected chi connectivity index (χ4v) is 2.02. The molecule has 1 amide bonds. The molecule has 2 aromatic rings. The number of benzene rings is 1. The first-order valence-electron chi connectivity index (χ1n) is 5.49. The summed E-state index contributed by atoms with van der Waals surface area (Å²) in [5.41, 5.74) is 6.69. The lowest BCUT2D eigenvalue weighted by molar-refractivity contribution is 0.102. The molecule has 7 heteroatoms.